The van der Waals surface area contributed by atoms with Crippen LogP contribution in [0, 0.1) is 5.41 Å². The number of fused-ring (bicyclic) bond motifs is 1. The molecule has 0 amide bonds. The van der Waals surface area contributed by atoms with Gasteiger partial charge in [0, 0.05) is 11.4 Å². The lowest BCUT2D eigenvalue weighted by Gasteiger charge is -2.22. The van der Waals surface area contributed by atoms with Crippen LogP contribution in [-0.4, -0.2) is 37.1 Å². The topological polar surface area (TPSA) is 67.8 Å². The zero-order valence-electron chi connectivity index (χ0n) is 13.3. The second-order valence-corrected chi connectivity index (χ2v) is 6.77. The van der Waals surface area contributed by atoms with Crippen molar-refractivity contribution in [2.24, 2.45) is 5.41 Å². The van der Waals surface area contributed by atoms with Crippen molar-refractivity contribution in [3.05, 3.63) is 17.7 Å². The lowest BCUT2D eigenvalue weighted by atomic mass is 9.90. The molecule has 1 aliphatic heterocycles. The first kappa shape index (κ1) is 17.0. The van der Waals surface area contributed by atoms with Crippen molar-refractivity contribution in [1.29, 1.82) is 0 Å². The van der Waals surface area contributed by atoms with Crippen LogP contribution in [-0.2, 0) is 11.3 Å². The summed E-state index contributed by atoms with van der Waals surface area (Å²) in [6, 6.07) is 4.02. The van der Waals surface area contributed by atoms with Crippen molar-refractivity contribution in [3.8, 4) is 11.5 Å². The first-order valence-electron chi connectivity index (χ1n) is 7.34. The Kier molecular flexibility index (Phi) is 5.58. The number of thioether (sulfide) groups is 1. The maximum atomic E-state index is 11.1. The van der Waals surface area contributed by atoms with E-state index in [0.29, 0.717) is 32.7 Å². The Morgan fingerprint density at radius 2 is 1.95 bits per heavy atom. The summed E-state index contributed by atoms with van der Waals surface area (Å²) in [5.41, 5.74) is 0.437. The number of carboxylic acid groups (broad SMARTS) is 1. The Morgan fingerprint density at radius 3 is 2.55 bits per heavy atom. The van der Waals surface area contributed by atoms with Crippen molar-refractivity contribution < 1.29 is 19.4 Å². The van der Waals surface area contributed by atoms with Gasteiger partial charge in [0.1, 0.15) is 13.2 Å². The smallest absolute Gasteiger partial charge is 0.309 e. The highest BCUT2D eigenvalue weighted by Crippen LogP contribution is 2.36. The molecule has 22 heavy (non-hydrogen) atoms. The van der Waals surface area contributed by atoms with Gasteiger partial charge in [-0.25, -0.2) is 0 Å². The highest BCUT2D eigenvalue weighted by molar-refractivity contribution is 7.98. The van der Waals surface area contributed by atoms with Crippen molar-refractivity contribution in [2.75, 3.05) is 26.0 Å². The number of ether oxygens (including phenoxy) is 2. The number of hydrogen-bond donors (Lipinski definition) is 2. The first-order chi connectivity index (χ1) is 10.4. The Balaban J connectivity index is 1.96. The van der Waals surface area contributed by atoms with Gasteiger partial charge in [0.05, 0.1) is 5.41 Å². The number of carboxylic acids is 1. The summed E-state index contributed by atoms with van der Waals surface area (Å²) < 4.78 is 11.2. The predicted octanol–water partition coefficient (Wildman–Crippen LogP) is 2.77. The van der Waals surface area contributed by atoms with Gasteiger partial charge >= 0.3 is 5.97 Å². The second-order valence-electron chi connectivity index (χ2n) is 5.92. The minimum absolute atomic E-state index is 0.575. The molecule has 2 rings (SSSR count). The molecular weight excluding hydrogens is 302 g/mol. The predicted molar refractivity (Wildman–Crippen MR) is 87.0 cm³/mol. The molecule has 0 atom stereocenters. The van der Waals surface area contributed by atoms with Crippen LogP contribution in [0.25, 0.3) is 0 Å². The molecule has 0 aromatic heterocycles. The van der Waals surface area contributed by atoms with E-state index in [1.165, 1.54) is 0 Å². The highest BCUT2D eigenvalue weighted by Gasteiger charge is 2.26. The quantitative estimate of drug-likeness (QED) is 0.593. The van der Waals surface area contributed by atoms with Gasteiger partial charge in [-0.2, -0.15) is 0 Å². The third kappa shape index (κ3) is 4.08. The van der Waals surface area contributed by atoms with Crippen LogP contribution >= 0.6 is 11.8 Å². The normalized spacial score (nSPS) is 14.0. The Hall–Kier alpha value is -1.40. The molecule has 1 aromatic rings. The first-order valence-corrected chi connectivity index (χ1v) is 8.57. The van der Waals surface area contributed by atoms with Gasteiger partial charge in [-0.1, -0.05) is 0 Å². The number of carbonyl (C=O) groups is 1. The molecular formula is C16H23NO4S. The zero-order valence-corrected chi connectivity index (χ0v) is 14.1. The van der Waals surface area contributed by atoms with Crippen LogP contribution in [0.2, 0.25) is 0 Å². The van der Waals surface area contributed by atoms with Gasteiger partial charge in [-0.3, -0.25) is 4.79 Å². The number of aliphatic carboxylic acids is 1. The van der Waals surface area contributed by atoms with Crippen molar-refractivity contribution in [2.45, 2.75) is 31.7 Å². The fourth-order valence-corrected chi connectivity index (χ4v) is 2.79. The van der Waals surface area contributed by atoms with Gasteiger partial charge in [0.15, 0.2) is 11.5 Å². The number of nitrogens with one attached hydrogen (secondary N) is 1. The van der Waals surface area contributed by atoms with E-state index in [-0.39, 0.29) is 0 Å². The molecule has 0 bridgehead atoms. The van der Waals surface area contributed by atoms with E-state index in [9.17, 15) is 4.79 Å². The van der Waals surface area contributed by atoms with Crippen molar-refractivity contribution >= 4 is 17.7 Å². The molecule has 122 valence electrons. The average molecular weight is 325 g/mol. The van der Waals surface area contributed by atoms with E-state index in [0.717, 1.165) is 22.0 Å². The third-order valence-corrected chi connectivity index (χ3v) is 4.59. The van der Waals surface area contributed by atoms with Crippen LogP contribution in [0.5, 0.6) is 11.5 Å². The molecule has 1 aromatic carbocycles. The Morgan fingerprint density at radius 1 is 1.32 bits per heavy atom. The summed E-state index contributed by atoms with van der Waals surface area (Å²) in [5.74, 6) is 0.816. The second kappa shape index (κ2) is 7.24. The largest absolute Gasteiger partial charge is 0.486 e. The molecule has 0 saturated heterocycles. The maximum absolute atomic E-state index is 11.1. The summed E-state index contributed by atoms with van der Waals surface area (Å²) >= 11 is 1.67. The molecule has 0 aliphatic carbocycles. The van der Waals surface area contributed by atoms with Crippen molar-refractivity contribution in [1.82, 2.24) is 5.32 Å². The standard InChI is InChI=1S/C16H23NO4S/c1-16(2,15(18)19)4-5-17-10-11-8-12-13(9-14(11)22-3)21-7-6-20-12/h8-9,17H,4-7,10H2,1-3H3,(H,18,19). The van der Waals surface area contributed by atoms with Crippen LogP contribution in [0.1, 0.15) is 25.8 Å². The molecule has 0 fully saturated rings. The monoisotopic (exact) mass is 325 g/mol. The van der Waals surface area contributed by atoms with E-state index < -0.39 is 11.4 Å². The van der Waals surface area contributed by atoms with E-state index >= 15 is 0 Å². The third-order valence-electron chi connectivity index (χ3n) is 3.77. The van der Waals surface area contributed by atoms with Gasteiger partial charge in [-0.05, 0) is 50.8 Å². The molecule has 5 nitrogen and oxygen atoms in total. The molecule has 0 spiro atoms. The fraction of sp³-hybridized carbons (Fsp3) is 0.562. The van der Waals surface area contributed by atoms with Crippen LogP contribution in [0.15, 0.2) is 17.0 Å². The molecule has 0 saturated carbocycles. The summed E-state index contributed by atoms with van der Waals surface area (Å²) in [5, 5.41) is 12.4. The minimum Gasteiger partial charge on any atom is -0.486 e. The summed E-state index contributed by atoms with van der Waals surface area (Å²) in [7, 11) is 0. The average Bonchev–Trinajstić information content (AvgIpc) is 2.50. The number of benzene rings is 1. The molecule has 1 aliphatic rings. The van der Waals surface area contributed by atoms with Gasteiger partial charge in [-0.15, -0.1) is 11.8 Å². The zero-order chi connectivity index (χ0) is 16.2. The Labute approximate surface area is 135 Å². The van der Waals surface area contributed by atoms with E-state index in [1.54, 1.807) is 25.6 Å². The minimum atomic E-state index is -0.765. The maximum Gasteiger partial charge on any atom is 0.309 e. The Bertz CT molecular complexity index is 545. The van der Waals surface area contributed by atoms with E-state index in [1.807, 2.05) is 18.4 Å². The lowest BCUT2D eigenvalue weighted by Crippen LogP contribution is -2.29. The van der Waals surface area contributed by atoms with Crippen molar-refractivity contribution in [3.63, 3.8) is 0 Å². The van der Waals surface area contributed by atoms with Crippen LogP contribution in [0.3, 0.4) is 0 Å². The summed E-state index contributed by atoms with van der Waals surface area (Å²) in [6.07, 6.45) is 2.62. The fourth-order valence-electron chi connectivity index (χ4n) is 2.17. The van der Waals surface area contributed by atoms with E-state index in [2.05, 4.69) is 5.32 Å². The molecule has 6 heteroatoms. The number of rotatable bonds is 7. The summed E-state index contributed by atoms with van der Waals surface area (Å²) in [4.78, 5) is 12.2. The van der Waals surface area contributed by atoms with E-state index in [4.69, 9.17) is 14.6 Å². The van der Waals surface area contributed by atoms with Gasteiger partial charge in [0.25, 0.3) is 0 Å². The van der Waals surface area contributed by atoms with Crippen LogP contribution in [0.4, 0.5) is 0 Å². The SMILES string of the molecule is CSc1cc2c(cc1CNCCC(C)(C)C(=O)O)OCCO2. The van der Waals surface area contributed by atoms with Crippen LogP contribution < -0.4 is 14.8 Å². The van der Waals surface area contributed by atoms with Gasteiger partial charge < -0.3 is 19.9 Å². The highest BCUT2D eigenvalue weighted by atomic mass is 32.2. The number of hydrogen-bond acceptors (Lipinski definition) is 5. The van der Waals surface area contributed by atoms with Gasteiger partial charge in [0.2, 0.25) is 0 Å². The summed E-state index contributed by atoms with van der Waals surface area (Å²) in [6.45, 7) is 5.99. The lowest BCUT2D eigenvalue weighted by molar-refractivity contribution is -0.147. The molecule has 2 N–H and O–H groups in total. The molecule has 0 radical (unpaired) electrons. The molecule has 1 heterocycles. The molecule has 0 unspecified atom stereocenters.